The quantitative estimate of drug-likeness (QED) is 0.470. The molecule has 5 rings (SSSR count). The van der Waals surface area contributed by atoms with E-state index in [4.69, 9.17) is 0 Å². The van der Waals surface area contributed by atoms with Gasteiger partial charge in [0.2, 0.25) is 0 Å². The van der Waals surface area contributed by atoms with Crippen molar-refractivity contribution >= 4 is 38.1 Å². The van der Waals surface area contributed by atoms with Crippen LogP contribution in [-0.2, 0) is 16.4 Å². The first-order valence-corrected chi connectivity index (χ1v) is 11.9. The molecule has 0 radical (unpaired) electrons. The van der Waals surface area contributed by atoms with Gasteiger partial charge in [0.15, 0.2) is 0 Å². The van der Waals surface area contributed by atoms with E-state index in [0.29, 0.717) is 17.7 Å². The van der Waals surface area contributed by atoms with E-state index in [9.17, 15) is 13.2 Å². The highest BCUT2D eigenvalue weighted by Crippen LogP contribution is 2.37. The van der Waals surface area contributed by atoms with E-state index in [1.807, 2.05) is 49.4 Å². The normalized spacial score (nSPS) is 15.5. The molecule has 1 aliphatic heterocycles. The molecule has 1 amide bonds. The molecule has 0 saturated carbocycles. The third-order valence-electron chi connectivity index (χ3n) is 5.83. The average Bonchev–Trinajstić information content (AvgIpc) is 3.15. The van der Waals surface area contributed by atoms with Crippen LogP contribution in [0.3, 0.4) is 0 Å². The second-order valence-electron chi connectivity index (χ2n) is 7.99. The van der Waals surface area contributed by atoms with Crippen molar-refractivity contribution in [3.05, 3.63) is 102 Å². The molecule has 0 bridgehead atoms. The maximum absolute atomic E-state index is 13.2. The number of amides is 1. The van der Waals surface area contributed by atoms with Crippen LogP contribution in [0.25, 0.3) is 10.8 Å². The predicted molar refractivity (Wildman–Crippen MR) is 128 cm³/mol. The van der Waals surface area contributed by atoms with Crippen LogP contribution in [0.15, 0.2) is 95.9 Å². The van der Waals surface area contributed by atoms with Crippen molar-refractivity contribution in [1.29, 1.82) is 0 Å². The highest BCUT2D eigenvalue weighted by molar-refractivity contribution is 7.92. The highest BCUT2D eigenvalue weighted by Gasteiger charge is 2.36. The number of carbonyl (C=O) groups is 1. The van der Waals surface area contributed by atoms with Gasteiger partial charge >= 0.3 is 0 Å². The first-order chi connectivity index (χ1) is 15.4. The minimum Gasteiger partial charge on any atom is -0.321 e. The number of carbonyl (C=O) groups excluding carboxylic acids is 1. The third-order valence-corrected chi connectivity index (χ3v) is 7.77. The molecule has 4 aromatic carbocycles. The van der Waals surface area contributed by atoms with Crippen LogP contribution >= 0.6 is 0 Å². The van der Waals surface area contributed by atoms with Gasteiger partial charge in [-0.3, -0.25) is 9.10 Å². The highest BCUT2D eigenvalue weighted by atomic mass is 32.2. The van der Waals surface area contributed by atoms with Gasteiger partial charge in [0.1, 0.15) is 0 Å². The van der Waals surface area contributed by atoms with Crippen LogP contribution in [0.5, 0.6) is 0 Å². The molecule has 1 N–H and O–H groups in total. The van der Waals surface area contributed by atoms with Crippen molar-refractivity contribution in [2.75, 3.05) is 9.62 Å². The number of nitrogens with one attached hydrogen (secondary N) is 1. The SMILES string of the molecule is C[C@H]1Cc2cc(C(=O)Nc3cccc4ccccc34)ccc2N1S(=O)(=O)c1ccccc1. The first-order valence-electron chi connectivity index (χ1n) is 10.5. The summed E-state index contributed by atoms with van der Waals surface area (Å²) in [7, 11) is -3.67. The fourth-order valence-electron chi connectivity index (χ4n) is 4.35. The van der Waals surface area contributed by atoms with Crippen molar-refractivity contribution in [2.45, 2.75) is 24.3 Å². The Balaban J connectivity index is 1.46. The van der Waals surface area contributed by atoms with Crippen molar-refractivity contribution in [1.82, 2.24) is 0 Å². The maximum atomic E-state index is 13.2. The van der Waals surface area contributed by atoms with E-state index in [1.165, 1.54) is 4.31 Å². The Morgan fingerprint density at radius 3 is 2.44 bits per heavy atom. The Hall–Kier alpha value is -3.64. The van der Waals surface area contributed by atoms with Gasteiger partial charge in [0.25, 0.3) is 15.9 Å². The van der Waals surface area contributed by atoms with Crippen LogP contribution in [-0.4, -0.2) is 20.4 Å². The lowest BCUT2D eigenvalue weighted by molar-refractivity contribution is 0.102. The molecule has 0 aliphatic carbocycles. The fraction of sp³-hybridized carbons (Fsp3) is 0.115. The predicted octanol–water partition coefficient (Wildman–Crippen LogP) is 5.23. The van der Waals surface area contributed by atoms with E-state index in [-0.39, 0.29) is 16.8 Å². The molecule has 160 valence electrons. The van der Waals surface area contributed by atoms with E-state index < -0.39 is 10.0 Å². The summed E-state index contributed by atoms with van der Waals surface area (Å²) in [5.74, 6) is -0.221. The zero-order valence-electron chi connectivity index (χ0n) is 17.5. The van der Waals surface area contributed by atoms with Crippen molar-refractivity contribution in [3.8, 4) is 0 Å². The molecule has 32 heavy (non-hydrogen) atoms. The lowest BCUT2D eigenvalue weighted by atomic mass is 10.1. The smallest absolute Gasteiger partial charge is 0.264 e. The molecule has 0 saturated heterocycles. The van der Waals surface area contributed by atoms with Gasteiger partial charge in [0, 0.05) is 22.7 Å². The molecule has 1 aliphatic rings. The zero-order valence-corrected chi connectivity index (χ0v) is 18.3. The molecule has 0 unspecified atom stereocenters. The van der Waals surface area contributed by atoms with Crippen LogP contribution in [0, 0.1) is 0 Å². The van der Waals surface area contributed by atoms with Gasteiger partial charge in [-0.2, -0.15) is 0 Å². The van der Waals surface area contributed by atoms with E-state index in [0.717, 1.165) is 22.0 Å². The summed E-state index contributed by atoms with van der Waals surface area (Å²) < 4.78 is 27.9. The molecule has 6 heteroatoms. The fourth-order valence-corrected chi connectivity index (χ4v) is 6.06. The summed E-state index contributed by atoms with van der Waals surface area (Å²) in [5, 5.41) is 5.02. The number of sulfonamides is 1. The van der Waals surface area contributed by atoms with Crippen molar-refractivity contribution in [2.24, 2.45) is 0 Å². The Morgan fingerprint density at radius 1 is 0.906 bits per heavy atom. The summed E-state index contributed by atoms with van der Waals surface area (Å²) >= 11 is 0. The first kappa shape index (κ1) is 20.3. The van der Waals surface area contributed by atoms with Gasteiger partial charge in [-0.1, -0.05) is 54.6 Å². The van der Waals surface area contributed by atoms with Gasteiger partial charge in [-0.05, 0) is 60.7 Å². The average molecular weight is 443 g/mol. The monoisotopic (exact) mass is 442 g/mol. The number of rotatable bonds is 4. The Labute approximate surface area is 187 Å². The standard InChI is InChI=1S/C26H22N2O3S/c1-18-16-21-17-20(26(29)27-24-13-7-9-19-8-5-6-12-23(19)24)14-15-25(21)28(18)32(30,31)22-10-3-2-4-11-22/h2-15,17-18H,16H2,1H3,(H,27,29)/t18-/m0/s1. The van der Waals surface area contributed by atoms with E-state index >= 15 is 0 Å². The van der Waals surface area contributed by atoms with Crippen molar-refractivity contribution in [3.63, 3.8) is 0 Å². The third kappa shape index (κ3) is 3.42. The van der Waals surface area contributed by atoms with Gasteiger partial charge < -0.3 is 5.32 Å². The second-order valence-corrected chi connectivity index (χ2v) is 9.81. The van der Waals surface area contributed by atoms with Crippen LogP contribution in [0.1, 0.15) is 22.8 Å². The Kier molecular flexibility index (Phi) is 4.94. The molecule has 0 aromatic heterocycles. The van der Waals surface area contributed by atoms with E-state index in [2.05, 4.69) is 5.32 Å². The number of benzene rings is 4. The number of nitrogens with zero attached hydrogens (tertiary/aromatic N) is 1. The molecule has 1 heterocycles. The van der Waals surface area contributed by atoms with Crippen LogP contribution in [0.4, 0.5) is 11.4 Å². The maximum Gasteiger partial charge on any atom is 0.264 e. The number of hydrogen-bond donors (Lipinski definition) is 1. The minimum absolute atomic E-state index is 0.221. The molecule has 0 fully saturated rings. The molecular weight excluding hydrogens is 420 g/mol. The van der Waals surface area contributed by atoms with Gasteiger partial charge in [0.05, 0.1) is 10.6 Å². The topological polar surface area (TPSA) is 66.5 Å². The second kappa shape index (κ2) is 7.80. The van der Waals surface area contributed by atoms with Gasteiger partial charge in [-0.25, -0.2) is 8.42 Å². The zero-order chi connectivity index (χ0) is 22.3. The molecule has 4 aromatic rings. The summed E-state index contributed by atoms with van der Waals surface area (Å²) in [6.07, 6.45) is 0.552. The molecule has 5 nitrogen and oxygen atoms in total. The number of anilines is 2. The van der Waals surface area contributed by atoms with Crippen LogP contribution in [0.2, 0.25) is 0 Å². The van der Waals surface area contributed by atoms with Gasteiger partial charge in [-0.15, -0.1) is 0 Å². The lowest BCUT2D eigenvalue weighted by Gasteiger charge is -2.24. The summed E-state index contributed by atoms with van der Waals surface area (Å²) in [6, 6.07) is 27.1. The van der Waals surface area contributed by atoms with Crippen LogP contribution < -0.4 is 9.62 Å². The number of fused-ring (bicyclic) bond motifs is 2. The summed E-state index contributed by atoms with van der Waals surface area (Å²) in [6.45, 7) is 1.89. The molecular formula is C26H22N2O3S. The lowest BCUT2D eigenvalue weighted by Crippen LogP contribution is -2.35. The summed E-state index contributed by atoms with van der Waals surface area (Å²) in [4.78, 5) is 13.3. The Bertz CT molecular complexity index is 1430. The van der Waals surface area contributed by atoms with E-state index in [1.54, 1.807) is 48.5 Å². The Morgan fingerprint density at radius 2 is 1.62 bits per heavy atom. The molecule has 0 spiro atoms. The van der Waals surface area contributed by atoms with Crippen molar-refractivity contribution < 1.29 is 13.2 Å². The largest absolute Gasteiger partial charge is 0.321 e. The minimum atomic E-state index is -3.67. The molecule has 1 atom stereocenters. The summed E-state index contributed by atoms with van der Waals surface area (Å²) in [5.41, 5.74) is 2.73. The number of hydrogen-bond acceptors (Lipinski definition) is 3.